The smallest absolute Gasteiger partial charge is 0.265 e. The predicted octanol–water partition coefficient (Wildman–Crippen LogP) is 7.24. The van der Waals surface area contributed by atoms with Gasteiger partial charge in [-0.1, -0.05) is 30.3 Å². The van der Waals surface area contributed by atoms with Crippen molar-refractivity contribution in [1.82, 2.24) is 0 Å². The van der Waals surface area contributed by atoms with Gasteiger partial charge < -0.3 is 14.7 Å². The first kappa shape index (κ1) is 25.2. The average molecular weight is 527 g/mol. The molecular weight excluding hydrogens is 496 g/mol. The third kappa shape index (κ3) is 4.24. The van der Waals surface area contributed by atoms with Crippen LogP contribution in [-0.2, 0) is 0 Å². The summed E-state index contributed by atoms with van der Waals surface area (Å²) in [5.41, 5.74) is 6.56. The second-order valence-corrected chi connectivity index (χ2v) is 10.3. The molecule has 0 bridgehead atoms. The Hall–Kier alpha value is -5.10. The number of rotatable bonds is 6. The Morgan fingerprint density at radius 1 is 0.500 bits per heavy atom. The number of hydrogen-bond acceptors (Lipinski definition) is 5. The van der Waals surface area contributed by atoms with Crippen molar-refractivity contribution in [2.24, 2.45) is 0 Å². The summed E-state index contributed by atoms with van der Waals surface area (Å²) >= 11 is 0. The highest BCUT2D eigenvalue weighted by molar-refractivity contribution is 6.35. The number of anilines is 6. The number of benzene rings is 5. The lowest BCUT2D eigenvalue weighted by Crippen LogP contribution is -2.40. The summed E-state index contributed by atoms with van der Waals surface area (Å²) in [6.45, 7) is 0. The molecule has 198 valence electrons. The number of amides is 2. The molecule has 0 fully saturated rings. The second kappa shape index (κ2) is 9.89. The largest absolute Gasteiger partial charge is 0.378 e. The van der Waals surface area contributed by atoms with Crippen molar-refractivity contribution in [3.8, 4) is 0 Å². The van der Waals surface area contributed by atoms with E-state index in [2.05, 4.69) is 63.2 Å². The first-order valence-electron chi connectivity index (χ1n) is 13.2. The minimum Gasteiger partial charge on any atom is -0.378 e. The second-order valence-electron chi connectivity index (χ2n) is 10.3. The van der Waals surface area contributed by atoms with Crippen molar-refractivity contribution in [2.75, 3.05) is 47.8 Å². The molecule has 0 unspecified atom stereocenters. The molecule has 0 N–H and O–H groups in total. The van der Waals surface area contributed by atoms with E-state index in [4.69, 9.17) is 0 Å². The highest BCUT2D eigenvalue weighted by Crippen LogP contribution is 2.39. The van der Waals surface area contributed by atoms with E-state index in [1.807, 2.05) is 76.7 Å². The van der Waals surface area contributed by atoms with Crippen molar-refractivity contribution in [2.45, 2.75) is 0 Å². The fourth-order valence-corrected chi connectivity index (χ4v) is 5.28. The van der Waals surface area contributed by atoms with Gasteiger partial charge in [0, 0.05) is 73.1 Å². The van der Waals surface area contributed by atoms with Crippen LogP contribution in [0.25, 0.3) is 10.8 Å². The Morgan fingerprint density at radius 2 is 0.950 bits per heavy atom. The Labute approximate surface area is 234 Å². The van der Waals surface area contributed by atoms with Gasteiger partial charge in [0.1, 0.15) is 0 Å². The fraction of sp³-hybridized carbons (Fsp3) is 0.118. The van der Waals surface area contributed by atoms with Crippen molar-refractivity contribution in [3.63, 3.8) is 0 Å². The summed E-state index contributed by atoms with van der Waals surface area (Å²) in [6.07, 6.45) is 0. The molecule has 0 aliphatic carbocycles. The minimum absolute atomic E-state index is 0.316. The first-order chi connectivity index (χ1) is 19.3. The van der Waals surface area contributed by atoms with E-state index in [-0.39, 0.29) is 11.8 Å². The molecule has 6 rings (SSSR count). The summed E-state index contributed by atoms with van der Waals surface area (Å²) in [5.74, 6) is -0.632. The molecule has 2 amide bonds. The number of hydrogen-bond donors (Lipinski definition) is 0. The number of imide groups is 1. The van der Waals surface area contributed by atoms with Crippen LogP contribution in [0.4, 0.5) is 34.1 Å². The number of carbonyl (C=O) groups is 2. The monoisotopic (exact) mass is 526 g/mol. The van der Waals surface area contributed by atoms with Gasteiger partial charge in [0.2, 0.25) is 0 Å². The zero-order valence-corrected chi connectivity index (χ0v) is 23.0. The molecule has 0 saturated carbocycles. The molecule has 5 aromatic rings. The van der Waals surface area contributed by atoms with Gasteiger partial charge in [0.15, 0.2) is 0 Å². The highest BCUT2D eigenvalue weighted by atomic mass is 16.2. The van der Waals surface area contributed by atoms with E-state index in [1.165, 1.54) is 4.90 Å². The summed E-state index contributed by atoms with van der Waals surface area (Å²) in [5, 5.41) is 1.61. The zero-order valence-electron chi connectivity index (χ0n) is 23.0. The highest BCUT2D eigenvalue weighted by Gasteiger charge is 2.34. The van der Waals surface area contributed by atoms with Gasteiger partial charge in [-0.25, -0.2) is 4.90 Å². The van der Waals surface area contributed by atoms with E-state index in [9.17, 15) is 9.59 Å². The molecule has 0 saturated heterocycles. The lowest BCUT2D eigenvalue weighted by atomic mass is 9.94. The maximum Gasteiger partial charge on any atom is 0.265 e. The Morgan fingerprint density at radius 3 is 1.43 bits per heavy atom. The molecule has 1 aliphatic heterocycles. The number of carbonyl (C=O) groups excluding carboxylic acids is 2. The van der Waals surface area contributed by atoms with Crippen LogP contribution in [0.2, 0.25) is 0 Å². The quantitative estimate of drug-likeness (QED) is 0.218. The molecule has 40 heavy (non-hydrogen) atoms. The normalized spacial score (nSPS) is 12.6. The zero-order chi connectivity index (χ0) is 28.0. The lowest BCUT2D eigenvalue weighted by Gasteiger charge is -2.30. The molecule has 0 radical (unpaired) electrons. The Bertz CT molecular complexity index is 1640. The third-order valence-corrected chi connectivity index (χ3v) is 7.37. The van der Waals surface area contributed by atoms with Crippen LogP contribution in [0.5, 0.6) is 0 Å². The molecule has 0 atom stereocenters. The third-order valence-electron chi connectivity index (χ3n) is 7.37. The van der Waals surface area contributed by atoms with Gasteiger partial charge in [0.25, 0.3) is 11.8 Å². The van der Waals surface area contributed by atoms with E-state index in [0.717, 1.165) is 39.2 Å². The van der Waals surface area contributed by atoms with Crippen LogP contribution in [0.15, 0.2) is 109 Å². The van der Waals surface area contributed by atoms with Crippen LogP contribution in [0.1, 0.15) is 20.7 Å². The van der Waals surface area contributed by atoms with Gasteiger partial charge in [-0.15, -0.1) is 0 Å². The van der Waals surface area contributed by atoms with Crippen LogP contribution in [0, 0.1) is 0 Å². The van der Waals surface area contributed by atoms with Gasteiger partial charge >= 0.3 is 0 Å². The van der Waals surface area contributed by atoms with Crippen molar-refractivity contribution in [3.05, 3.63) is 120 Å². The van der Waals surface area contributed by atoms with Crippen LogP contribution in [-0.4, -0.2) is 40.0 Å². The molecule has 5 aromatic carbocycles. The molecule has 6 nitrogen and oxygen atoms in total. The average Bonchev–Trinajstić information content (AvgIpc) is 2.97. The maximum atomic E-state index is 13.7. The Balaban J connectivity index is 1.46. The Kier molecular flexibility index (Phi) is 6.23. The van der Waals surface area contributed by atoms with Crippen molar-refractivity contribution < 1.29 is 9.59 Å². The summed E-state index contributed by atoms with van der Waals surface area (Å²) < 4.78 is 0. The van der Waals surface area contributed by atoms with Crippen molar-refractivity contribution in [1.29, 1.82) is 0 Å². The van der Waals surface area contributed by atoms with Crippen molar-refractivity contribution >= 4 is 56.7 Å². The van der Waals surface area contributed by atoms with Gasteiger partial charge in [-0.05, 0) is 84.2 Å². The van der Waals surface area contributed by atoms with E-state index in [1.54, 1.807) is 12.1 Å². The number of nitrogens with zero attached hydrogens (tertiary/aromatic N) is 4. The maximum absolute atomic E-state index is 13.7. The van der Waals surface area contributed by atoms with E-state index < -0.39 is 0 Å². The lowest BCUT2D eigenvalue weighted by molar-refractivity contribution is 0.0893. The summed E-state index contributed by atoms with van der Waals surface area (Å²) in [7, 11) is 8.06. The van der Waals surface area contributed by atoms with Crippen LogP contribution in [0.3, 0.4) is 0 Å². The molecule has 0 spiro atoms. The van der Waals surface area contributed by atoms with Crippen LogP contribution < -0.4 is 19.6 Å². The molecule has 1 heterocycles. The first-order valence-corrected chi connectivity index (χ1v) is 13.2. The molecule has 1 aliphatic rings. The molecule has 0 aromatic heterocycles. The topological polar surface area (TPSA) is 47.1 Å². The summed E-state index contributed by atoms with van der Waals surface area (Å²) in [4.78, 5) is 35.0. The van der Waals surface area contributed by atoms with E-state index in [0.29, 0.717) is 16.8 Å². The molecule has 6 heteroatoms. The summed E-state index contributed by atoms with van der Waals surface area (Å²) in [6, 6.07) is 35.4. The van der Waals surface area contributed by atoms with E-state index >= 15 is 0 Å². The predicted molar refractivity (Wildman–Crippen MR) is 165 cm³/mol. The standard InChI is InChI=1S/C34H30N4O2/c1-35(2)24-14-18-26(19-15-24)37(27-20-16-25(17-21-27)36(3)4)28-10-7-11-29(22-28)38-33(39)30-12-5-8-23-9-6-13-31(32(23)30)34(38)40/h5-22H,1-4H3. The minimum atomic E-state index is -0.316. The van der Waals surface area contributed by atoms with Gasteiger partial charge in [-0.3, -0.25) is 9.59 Å². The van der Waals surface area contributed by atoms with Gasteiger partial charge in [0.05, 0.1) is 5.69 Å². The SMILES string of the molecule is CN(C)c1ccc(N(c2ccc(N(C)C)cc2)c2cccc(N3C(=O)c4cccc5cccc(c45)C3=O)c2)cc1. The fourth-order valence-electron chi connectivity index (χ4n) is 5.28. The van der Waals surface area contributed by atoms with Crippen LogP contribution >= 0.6 is 0 Å². The van der Waals surface area contributed by atoms with Gasteiger partial charge in [-0.2, -0.15) is 0 Å². The molecular formula is C34H30N4O2.